The van der Waals surface area contributed by atoms with Crippen LogP contribution < -0.4 is 4.74 Å². The van der Waals surface area contributed by atoms with E-state index < -0.39 is 0 Å². The van der Waals surface area contributed by atoms with Crippen LogP contribution in [-0.4, -0.2) is 30.6 Å². The second-order valence-electron chi connectivity index (χ2n) is 4.43. The van der Waals surface area contributed by atoms with Crippen LogP contribution in [0.15, 0.2) is 28.7 Å². The SMILES string of the molecule is CCCN(CCOc1ccc(Br)cc1)C(C)C. The van der Waals surface area contributed by atoms with Crippen molar-refractivity contribution in [2.45, 2.75) is 33.2 Å². The maximum atomic E-state index is 5.73. The fourth-order valence-electron chi connectivity index (χ4n) is 1.73. The fraction of sp³-hybridized carbons (Fsp3) is 0.571. The van der Waals surface area contributed by atoms with Crippen LogP contribution in [-0.2, 0) is 0 Å². The molecule has 2 nitrogen and oxygen atoms in total. The van der Waals surface area contributed by atoms with Gasteiger partial charge in [-0.15, -0.1) is 0 Å². The van der Waals surface area contributed by atoms with E-state index in [0.717, 1.165) is 29.9 Å². The van der Waals surface area contributed by atoms with Crippen LogP contribution in [0, 0.1) is 0 Å². The van der Waals surface area contributed by atoms with E-state index in [1.165, 1.54) is 6.42 Å². The Morgan fingerprint density at radius 1 is 1.18 bits per heavy atom. The molecule has 0 aliphatic rings. The first-order valence-corrected chi connectivity index (χ1v) is 7.05. The predicted octanol–water partition coefficient (Wildman–Crippen LogP) is 3.95. The maximum absolute atomic E-state index is 5.73. The summed E-state index contributed by atoms with van der Waals surface area (Å²) in [5, 5.41) is 0. The Labute approximate surface area is 113 Å². The minimum atomic E-state index is 0.587. The Kier molecular flexibility index (Phi) is 6.60. The summed E-state index contributed by atoms with van der Waals surface area (Å²) in [6.45, 7) is 9.55. The van der Waals surface area contributed by atoms with Crippen LogP contribution in [0.3, 0.4) is 0 Å². The summed E-state index contributed by atoms with van der Waals surface area (Å²) >= 11 is 3.41. The molecular weight excluding hydrogens is 278 g/mol. The Morgan fingerprint density at radius 2 is 1.82 bits per heavy atom. The van der Waals surface area contributed by atoms with Crippen molar-refractivity contribution in [2.24, 2.45) is 0 Å². The first-order valence-electron chi connectivity index (χ1n) is 6.26. The summed E-state index contributed by atoms with van der Waals surface area (Å²) in [6.07, 6.45) is 1.19. The van der Waals surface area contributed by atoms with Gasteiger partial charge in [-0.1, -0.05) is 22.9 Å². The molecule has 0 N–H and O–H groups in total. The lowest BCUT2D eigenvalue weighted by molar-refractivity contribution is 0.176. The van der Waals surface area contributed by atoms with E-state index in [9.17, 15) is 0 Å². The van der Waals surface area contributed by atoms with Gasteiger partial charge in [0.15, 0.2) is 0 Å². The van der Waals surface area contributed by atoms with Crippen molar-refractivity contribution in [3.63, 3.8) is 0 Å². The van der Waals surface area contributed by atoms with E-state index in [1.807, 2.05) is 24.3 Å². The fourth-order valence-corrected chi connectivity index (χ4v) is 1.99. The third-order valence-electron chi connectivity index (χ3n) is 2.70. The molecule has 0 fully saturated rings. The molecule has 1 aromatic rings. The van der Waals surface area contributed by atoms with Gasteiger partial charge in [0, 0.05) is 17.1 Å². The first-order chi connectivity index (χ1) is 8.13. The van der Waals surface area contributed by atoms with Crippen LogP contribution in [0.1, 0.15) is 27.2 Å². The van der Waals surface area contributed by atoms with E-state index in [0.29, 0.717) is 6.04 Å². The minimum absolute atomic E-state index is 0.587. The molecule has 0 atom stereocenters. The van der Waals surface area contributed by atoms with Crippen molar-refractivity contribution in [1.29, 1.82) is 0 Å². The Bertz CT molecular complexity index is 311. The quantitative estimate of drug-likeness (QED) is 0.756. The molecule has 0 amide bonds. The summed E-state index contributed by atoms with van der Waals surface area (Å²) < 4.78 is 6.81. The van der Waals surface area contributed by atoms with Crippen LogP contribution >= 0.6 is 15.9 Å². The van der Waals surface area contributed by atoms with Gasteiger partial charge < -0.3 is 4.74 Å². The lowest BCUT2D eigenvalue weighted by atomic mass is 10.3. The topological polar surface area (TPSA) is 12.5 Å². The highest BCUT2D eigenvalue weighted by molar-refractivity contribution is 9.10. The average molecular weight is 300 g/mol. The van der Waals surface area contributed by atoms with Gasteiger partial charge in [0.25, 0.3) is 0 Å². The predicted molar refractivity (Wildman–Crippen MR) is 76.6 cm³/mol. The highest BCUT2D eigenvalue weighted by atomic mass is 79.9. The molecule has 0 saturated carbocycles. The lowest BCUT2D eigenvalue weighted by Crippen LogP contribution is -2.35. The van der Waals surface area contributed by atoms with E-state index >= 15 is 0 Å². The van der Waals surface area contributed by atoms with E-state index in [1.54, 1.807) is 0 Å². The molecule has 96 valence electrons. The third-order valence-corrected chi connectivity index (χ3v) is 3.23. The summed E-state index contributed by atoms with van der Waals surface area (Å²) in [5.74, 6) is 0.938. The molecule has 1 aromatic carbocycles. The Balaban J connectivity index is 2.33. The van der Waals surface area contributed by atoms with Crippen molar-refractivity contribution in [3.8, 4) is 5.75 Å². The van der Waals surface area contributed by atoms with E-state index in [-0.39, 0.29) is 0 Å². The smallest absolute Gasteiger partial charge is 0.119 e. The second-order valence-corrected chi connectivity index (χ2v) is 5.35. The number of halogens is 1. The van der Waals surface area contributed by atoms with Crippen LogP contribution in [0.4, 0.5) is 0 Å². The molecule has 0 bridgehead atoms. The van der Waals surface area contributed by atoms with Crippen molar-refractivity contribution in [1.82, 2.24) is 4.90 Å². The zero-order valence-corrected chi connectivity index (χ0v) is 12.5. The monoisotopic (exact) mass is 299 g/mol. The first kappa shape index (κ1) is 14.5. The molecule has 17 heavy (non-hydrogen) atoms. The number of nitrogens with zero attached hydrogens (tertiary/aromatic N) is 1. The molecule has 0 saturated heterocycles. The highest BCUT2D eigenvalue weighted by Crippen LogP contribution is 2.16. The summed E-state index contributed by atoms with van der Waals surface area (Å²) in [6, 6.07) is 8.57. The molecule has 0 radical (unpaired) electrons. The molecule has 0 aromatic heterocycles. The summed E-state index contributed by atoms with van der Waals surface area (Å²) in [5.41, 5.74) is 0. The molecule has 0 aliphatic heterocycles. The number of hydrogen-bond donors (Lipinski definition) is 0. The van der Waals surface area contributed by atoms with Gasteiger partial charge >= 0.3 is 0 Å². The molecule has 0 spiro atoms. The second kappa shape index (κ2) is 7.72. The minimum Gasteiger partial charge on any atom is -0.492 e. The zero-order valence-electron chi connectivity index (χ0n) is 10.9. The van der Waals surface area contributed by atoms with E-state index in [4.69, 9.17) is 4.74 Å². The highest BCUT2D eigenvalue weighted by Gasteiger charge is 2.07. The number of rotatable bonds is 7. The van der Waals surface area contributed by atoms with Crippen LogP contribution in [0.5, 0.6) is 5.75 Å². The van der Waals surface area contributed by atoms with Gasteiger partial charge in [0.1, 0.15) is 12.4 Å². The van der Waals surface area contributed by atoms with Crippen molar-refractivity contribution in [2.75, 3.05) is 19.7 Å². The van der Waals surface area contributed by atoms with Gasteiger partial charge in [-0.25, -0.2) is 0 Å². The van der Waals surface area contributed by atoms with Crippen LogP contribution in [0.25, 0.3) is 0 Å². The third kappa shape index (κ3) is 5.55. The largest absolute Gasteiger partial charge is 0.492 e. The Hall–Kier alpha value is -0.540. The van der Waals surface area contributed by atoms with Gasteiger partial charge in [0.05, 0.1) is 0 Å². The average Bonchev–Trinajstić information content (AvgIpc) is 2.30. The standard InChI is InChI=1S/C14H22BrNO/c1-4-9-16(12(2)3)10-11-17-14-7-5-13(15)6-8-14/h5-8,12H,4,9-11H2,1-3H3. The van der Waals surface area contributed by atoms with Gasteiger partial charge in [-0.3, -0.25) is 4.90 Å². The molecular formula is C14H22BrNO. The number of hydrogen-bond acceptors (Lipinski definition) is 2. The summed E-state index contributed by atoms with van der Waals surface area (Å²) in [7, 11) is 0. The number of ether oxygens (including phenoxy) is 1. The Morgan fingerprint density at radius 3 is 2.35 bits per heavy atom. The molecule has 0 heterocycles. The zero-order chi connectivity index (χ0) is 12.7. The van der Waals surface area contributed by atoms with Crippen LogP contribution in [0.2, 0.25) is 0 Å². The van der Waals surface area contributed by atoms with Gasteiger partial charge in [0.2, 0.25) is 0 Å². The summed E-state index contributed by atoms with van der Waals surface area (Å²) in [4.78, 5) is 2.44. The van der Waals surface area contributed by atoms with Gasteiger partial charge in [-0.05, 0) is 51.1 Å². The van der Waals surface area contributed by atoms with Gasteiger partial charge in [-0.2, -0.15) is 0 Å². The molecule has 1 rings (SSSR count). The molecule has 0 aliphatic carbocycles. The normalized spacial score (nSPS) is 11.2. The van der Waals surface area contributed by atoms with Crippen molar-refractivity contribution in [3.05, 3.63) is 28.7 Å². The van der Waals surface area contributed by atoms with Crippen molar-refractivity contribution >= 4 is 15.9 Å². The lowest BCUT2D eigenvalue weighted by Gasteiger charge is -2.25. The van der Waals surface area contributed by atoms with Crippen molar-refractivity contribution < 1.29 is 4.74 Å². The van der Waals surface area contributed by atoms with E-state index in [2.05, 4.69) is 41.6 Å². The molecule has 0 unspecified atom stereocenters. The molecule has 3 heteroatoms. The number of benzene rings is 1. The maximum Gasteiger partial charge on any atom is 0.119 e.